The zero-order valence-electron chi connectivity index (χ0n) is 11.8. The van der Waals surface area contributed by atoms with Gasteiger partial charge in [0, 0.05) is 22.5 Å². The zero-order valence-corrected chi connectivity index (χ0v) is 13.4. The van der Waals surface area contributed by atoms with Crippen LogP contribution in [0, 0.1) is 0 Å². The second-order valence-corrected chi connectivity index (χ2v) is 5.79. The van der Waals surface area contributed by atoms with Gasteiger partial charge in [-0.1, -0.05) is 25.4 Å². The molecule has 0 unspecified atom stereocenters. The molecule has 2 aromatic rings. The van der Waals surface area contributed by atoms with E-state index in [1.165, 1.54) is 0 Å². The number of aryl methyl sites for hydroxylation is 1. The van der Waals surface area contributed by atoms with Gasteiger partial charge in [0.15, 0.2) is 0 Å². The van der Waals surface area contributed by atoms with Gasteiger partial charge in [-0.2, -0.15) is 0 Å². The lowest BCUT2D eigenvalue weighted by atomic mass is 10.2. The second kappa shape index (κ2) is 7.62. The number of aromatic nitrogens is 1. The molecule has 1 aromatic heterocycles. The molecule has 0 amide bonds. The Morgan fingerprint density at radius 3 is 2.90 bits per heavy atom. The Morgan fingerprint density at radius 2 is 2.20 bits per heavy atom. The Labute approximate surface area is 129 Å². The largest absolute Gasteiger partial charge is 0.487 e. The lowest BCUT2D eigenvalue weighted by Gasteiger charge is -2.11. The summed E-state index contributed by atoms with van der Waals surface area (Å²) in [6.45, 7) is 6.35. The minimum absolute atomic E-state index is 0.497. The number of rotatable bonds is 7. The Morgan fingerprint density at radius 1 is 1.35 bits per heavy atom. The van der Waals surface area contributed by atoms with Crippen LogP contribution in [0.3, 0.4) is 0 Å². The predicted octanol–water partition coefficient (Wildman–Crippen LogP) is 4.05. The zero-order chi connectivity index (χ0) is 14.4. The average Bonchev–Trinajstić information content (AvgIpc) is 2.92. The number of ether oxygens (including phenoxy) is 1. The number of thiazole rings is 1. The number of halogens is 1. The molecule has 0 saturated heterocycles. The van der Waals surface area contributed by atoms with E-state index in [1.54, 1.807) is 11.3 Å². The molecule has 2 rings (SSSR count). The first-order valence-corrected chi connectivity index (χ1v) is 8.04. The Hall–Kier alpha value is -1.10. The van der Waals surface area contributed by atoms with Crippen LogP contribution in [0.2, 0.25) is 5.02 Å². The minimum atomic E-state index is 0.497. The van der Waals surface area contributed by atoms with Gasteiger partial charge in [0.1, 0.15) is 12.4 Å². The van der Waals surface area contributed by atoms with Crippen LogP contribution in [0.4, 0.5) is 0 Å². The molecule has 0 saturated carbocycles. The highest BCUT2D eigenvalue weighted by molar-refractivity contribution is 7.09. The molecule has 0 aliphatic rings. The fourth-order valence-electron chi connectivity index (χ4n) is 1.82. The van der Waals surface area contributed by atoms with E-state index in [1.807, 2.05) is 18.2 Å². The summed E-state index contributed by atoms with van der Waals surface area (Å²) in [4.78, 5) is 4.51. The maximum Gasteiger partial charge on any atom is 0.131 e. The number of nitrogens with zero attached hydrogens (tertiary/aromatic N) is 1. The predicted molar refractivity (Wildman–Crippen MR) is 84.7 cm³/mol. The third-order valence-electron chi connectivity index (χ3n) is 2.87. The molecule has 1 aromatic carbocycles. The van der Waals surface area contributed by atoms with Crippen molar-refractivity contribution < 1.29 is 4.74 Å². The van der Waals surface area contributed by atoms with Crippen LogP contribution in [0.1, 0.15) is 30.1 Å². The van der Waals surface area contributed by atoms with E-state index in [2.05, 4.69) is 29.5 Å². The van der Waals surface area contributed by atoms with Gasteiger partial charge in [-0.25, -0.2) is 4.98 Å². The maximum absolute atomic E-state index is 6.04. The Balaban J connectivity index is 2.04. The monoisotopic (exact) mass is 310 g/mol. The van der Waals surface area contributed by atoms with Crippen molar-refractivity contribution in [3.63, 3.8) is 0 Å². The van der Waals surface area contributed by atoms with Crippen molar-refractivity contribution in [3.8, 4) is 5.75 Å². The minimum Gasteiger partial charge on any atom is -0.487 e. The molecule has 0 spiro atoms. The van der Waals surface area contributed by atoms with Crippen molar-refractivity contribution in [2.24, 2.45) is 0 Å². The molecule has 108 valence electrons. The third-order valence-corrected chi connectivity index (χ3v) is 4.14. The summed E-state index contributed by atoms with van der Waals surface area (Å²) in [6.07, 6.45) is 0.970. The fourth-order valence-corrected chi connectivity index (χ4v) is 2.74. The first kappa shape index (κ1) is 15.3. The van der Waals surface area contributed by atoms with E-state index in [4.69, 9.17) is 16.3 Å². The molecule has 0 aliphatic carbocycles. The van der Waals surface area contributed by atoms with Gasteiger partial charge in [-0.15, -0.1) is 11.3 Å². The van der Waals surface area contributed by atoms with Crippen LogP contribution in [0.5, 0.6) is 5.75 Å². The topological polar surface area (TPSA) is 34.1 Å². The van der Waals surface area contributed by atoms with Crippen molar-refractivity contribution in [1.82, 2.24) is 10.3 Å². The SMILES string of the molecule is CCNCc1cc(Cl)ccc1OCc1csc(CC)n1. The molecule has 3 nitrogen and oxygen atoms in total. The molecule has 20 heavy (non-hydrogen) atoms. The number of hydrogen-bond acceptors (Lipinski definition) is 4. The molecule has 0 bridgehead atoms. The van der Waals surface area contributed by atoms with Crippen molar-refractivity contribution in [2.45, 2.75) is 33.4 Å². The molecule has 1 N–H and O–H groups in total. The molecular weight excluding hydrogens is 292 g/mol. The summed E-state index contributed by atoms with van der Waals surface area (Å²) in [5.74, 6) is 0.862. The molecule has 0 fully saturated rings. The van der Waals surface area contributed by atoms with E-state index in [0.29, 0.717) is 6.61 Å². The summed E-state index contributed by atoms with van der Waals surface area (Å²) >= 11 is 7.72. The molecule has 0 aliphatic heterocycles. The standard InChI is InChI=1S/C15H19ClN2OS/c1-3-15-18-13(10-20-15)9-19-14-6-5-12(16)7-11(14)8-17-4-2/h5-7,10,17H,3-4,8-9H2,1-2H3. The van der Waals surface area contributed by atoms with E-state index < -0.39 is 0 Å². The van der Waals surface area contributed by atoms with Crippen molar-refractivity contribution >= 4 is 22.9 Å². The van der Waals surface area contributed by atoms with E-state index in [-0.39, 0.29) is 0 Å². The van der Waals surface area contributed by atoms with Gasteiger partial charge in [-0.3, -0.25) is 0 Å². The highest BCUT2D eigenvalue weighted by atomic mass is 35.5. The highest BCUT2D eigenvalue weighted by Gasteiger charge is 2.06. The van der Waals surface area contributed by atoms with Crippen molar-refractivity contribution in [2.75, 3.05) is 6.54 Å². The molecular formula is C15H19ClN2OS. The quantitative estimate of drug-likeness (QED) is 0.838. The van der Waals surface area contributed by atoms with Crippen molar-refractivity contribution in [3.05, 3.63) is 44.9 Å². The van der Waals surface area contributed by atoms with E-state index >= 15 is 0 Å². The van der Waals surface area contributed by atoms with Crippen molar-refractivity contribution in [1.29, 1.82) is 0 Å². The van der Waals surface area contributed by atoms with Crippen LogP contribution in [0.25, 0.3) is 0 Å². The van der Waals surface area contributed by atoms with E-state index in [9.17, 15) is 0 Å². The van der Waals surface area contributed by atoms with Gasteiger partial charge >= 0.3 is 0 Å². The van der Waals surface area contributed by atoms with Crippen LogP contribution < -0.4 is 10.1 Å². The second-order valence-electron chi connectivity index (χ2n) is 4.41. The maximum atomic E-state index is 6.04. The summed E-state index contributed by atoms with van der Waals surface area (Å²) < 4.78 is 5.88. The first-order valence-electron chi connectivity index (χ1n) is 6.78. The van der Waals surface area contributed by atoms with Gasteiger partial charge in [-0.05, 0) is 31.2 Å². The van der Waals surface area contributed by atoms with Gasteiger partial charge < -0.3 is 10.1 Å². The van der Waals surface area contributed by atoms with Crippen LogP contribution in [-0.4, -0.2) is 11.5 Å². The average molecular weight is 311 g/mol. The smallest absolute Gasteiger partial charge is 0.131 e. The molecule has 1 heterocycles. The van der Waals surface area contributed by atoms with Crippen LogP contribution in [0.15, 0.2) is 23.6 Å². The van der Waals surface area contributed by atoms with Gasteiger partial charge in [0.25, 0.3) is 0 Å². The number of benzene rings is 1. The molecule has 0 atom stereocenters. The number of nitrogens with one attached hydrogen (secondary N) is 1. The highest BCUT2D eigenvalue weighted by Crippen LogP contribution is 2.24. The molecule has 5 heteroatoms. The summed E-state index contributed by atoms with van der Waals surface area (Å²) in [5.41, 5.74) is 2.06. The van der Waals surface area contributed by atoms with Gasteiger partial charge in [0.2, 0.25) is 0 Å². The van der Waals surface area contributed by atoms with Crippen LogP contribution >= 0.6 is 22.9 Å². The van der Waals surface area contributed by atoms with Crippen LogP contribution in [-0.2, 0) is 19.6 Å². The van der Waals surface area contributed by atoms with Gasteiger partial charge in [0.05, 0.1) is 10.7 Å². The normalized spacial score (nSPS) is 10.8. The first-order chi connectivity index (χ1) is 9.72. The Kier molecular flexibility index (Phi) is 5.83. The molecule has 0 radical (unpaired) electrons. The Bertz CT molecular complexity index is 557. The fraction of sp³-hybridized carbons (Fsp3) is 0.400. The number of hydrogen-bond donors (Lipinski definition) is 1. The summed E-state index contributed by atoms with van der Waals surface area (Å²) in [6, 6.07) is 5.71. The summed E-state index contributed by atoms with van der Waals surface area (Å²) in [5, 5.41) is 7.22. The lowest BCUT2D eigenvalue weighted by molar-refractivity contribution is 0.298. The lowest BCUT2D eigenvalue weighted by Crippen LogP contribution is -2.13. The summed E-state index contributed by atoms with van der Waals surface area (Å²) in [7, 11) is 0. The third kappa shape index (κ3) is 4.20. The van der Waals surface area contributed by atoms with E-state index in [0.717, 1.165) is 46.5 Å².